The van der Waals surface area contributed by atoms with Crippen LogP contribution in [0.2, 0.25) is 0 Å². The molecule has 28 heavy (non-hydrogen) atoms. The Bertz CT molecular complexity index is 999. The van der Waals surface area contributed by atoms with E-state index in [4.69, 9.17) is 0 Å². The summed E-state index contributed by atoms with van der Waals surface area (Å²) in [5, 5.41) is 0. The molecule has 3 aromatic rings. The highest BCUT2D eigenvalue weighted by molar-refractivity contribution is 5.95. The number of carbonyl (C=O) groups excluding carboxylic acids is 1. The summed E-state index contributed by atoms with van der Waals surface area (Å²) < 4.78 is 14.0. The van der Waals surface area contributed by atoms with Gasteiger partial charge in [-0.05, 0) is 49.6 Å². The molecule has 0 spiro atoms. The number of piperidine rings is 1. The van der Waals surface area contributed by atoms with E-state index in [9.17, 15) is 9.18 Å². The third kappa shape index (κ3) is 3.76. The first kappa shape index (κ1) is 18.2. The van der Waals surface area contributed by atoms with Gasteiger partial charge in [-0.1, -0.05) is 12.1 Å². The molecular weight excluding hydrogens is 355 g/mol. The van der Waals surface area contributed by atoms with Gasteiger partial charge in [0.05, 0.1) is 6.20 Å². The molecule has 4 rings (SSSR count). The summed E-state index contributed by atoms with van der Waals surface area (Å²) in [6.45, 7) is 3.25. The number of carbonyl (C=O) groups is 1. The van der Waals surface area contributed by atoms with Gasteiger partial charge < -0.3 is 4.90 Å². The number of pyridine rings is 1. The van der Waals surface area contributed by atoms with Gasteiger partial charge >= 0.3 is 0 Å². The maximum atomic E-state index is 14.0. The Morgan fingerprint density at radius 3 is 2.71 bits per heavy atom. The third-order valence-electron chi connectivity index (χ3n) is 5.19. The van der Waals surface area contributed by atoms with Crippen LogP contribution in [0.4, 0.5) is 4.39 Å². The lowest BCUT2D eigenvalue weighted by atomic mass is 9.92. The summed E-state index contributed by atoms with van der Waals surface area (Å²) >= 11 is 0. The number of aryl methyl sites for hydroxylation is 1. The van der Waals surface area contributed by atoms with Crippen molar-refractivity contribution in [1.82, 2.24) is 19.9 Å². The summed E-state index contributed by atoms with van der Waals surface area (Å²) in [6.07, 6.45) is 6.27. The summed E-state index contributed by atoms with van der Waals surface area (Å²) in [4.78, 5) is 27.3. The van der Waals surface area contributed by atoms with E-state index in [2.05, 4.69) is 15.0 Å². The smallest absolute Gasteiger partial charge is 0.253 e. The highest BCUT2D eigenvalue weighted by atomic mass is 19.1. The predicted octanol–water partition coefficient (Wildman–Crippen LogP) is 4.01. The van der Waals surface area contributed by atoms with Crippen molar-refractivity contribution in [2.45, 2.75) is 25.7 Å². The van der Waals surface area contributed by atoms with Crippen LogP contribution < -0.4 is 0 Å². The Balaban J connectivity index is 1.47. The minimum absolute atomic E-state index is 0.0198. The predicted molar refractivity (Wildman–Crippen MR) is 104 cm³/mol. The van der Waals surface area contributed by atoms with Gasteiger partial charge in [0.1, 0.15) is 11.6 Å². The molecule has 0 aliphatic carbocycles. The van der Waals surface area contributed by atoms with E-state index in [1.54, 1.807) is 42.7 Å². The van der Waals surface area contributed by atoms with Crippen molar-refractivity contribution < 1.29 is 9.18 Å². The first-order valence-electron chi connectivity index (χ1n) is 9.40. The van der Waals surface area contributed by atoms with Crippen molar-refractivity contribution in [2.75, 3.05) is 13.1 Å². The monoisotopic (exact) mass is 376 g/mol. The van der Waals surface area contributed by atoms with Gasteiger partial charge in [0, 0.05) is 48.2 Å². The van der Waals surface area contributed by atoms with E-state index in [1.807, 2.05) is 17.9 Å². The average molecular weight is 376 g/mol. The van der Waals surface area contributed by atoms with Crippen molar-refractivity contribution in [2.24, 2.45) is 0 Å². The van der Waals surface area contributed by atoms with Gasteiger partial charge in [-0.15, -0.1) is 0 Å². The van der Waals surface area contributed by atoms with Crippen LogP contribution in [0.5, 0.6) is 0 Å². The Morgan fingerprint density at radius 2 is 1.96 bits per heavy atom. The molecule has 1 saturated heterocycles. The van der Waals surface area contributed by atoms with Crippen molar-refractivity contribution >= 4 is 5.91 Å². The first-order valence-corrected chi connectivity index (χ1v) is 9.40. The molecule has 1 amide bonds. The normalized spacial score (nSPS) is 14.9. The fourth-order valence-electron chi connectivity index (χ4n) is 3.69. The molecule has 2 aromatic heterocycles. The van der Waals surface area contributed by atoms with Crippen molar-refractivity contribution in [3.8, 4) is 11.1 Å². The Hall–Kier alpha value is -3.15. The lowest BCUT2D eigenvalue weighted by Gasteiger charge is -2.32. The number of rotatable bonds is 3. The van der Waals surface area contributed by atoms with E-state index in [0.29, 0.717) is 35.7 Å². The molecule has 0 radical (unpaired) electrons. The van der Waals surface area contributed by atoms with E-state index in [0.717, 1.165) is 24.4 Å². The maximum absolute atomic E-state index is 14.0. The highest BCUT2D eigenvalue weighted by Crippen LogP contribution is 2.28. The quantitative estimate of drug-likeness (QED) is 0.693. The van der Waals surface area contributed by atoms with Gasteiger partial charge in [-0.3, -0.25) is 9.78 Å². The zero-order valence-corrected chi connectivity index (χ0v) is 15.7. The number of aromatic nitrogens is 3. The van der Waals surface area contributed by atoms with Crippen LogP contribution in [-0.2, 0) is 0 Å². The topological polar surface area (TPSA) is 59.0 Å². The second-order valence-corrected chi connectivity index (χ2v) is 7.03. The van der Waals surface area contributed by atoms with Crippen molar-refractivity contribution in [3.63, 3.8) is 0 Å². The van der Waals surface area contributed by atoms with E-state index < -0.39 is 5.82 Å². The molecule has 1 aromatic carbocycles. The largest absolute Gasteiger partial charge is 0.339 e. The Kier molecular flexibility index (Phi) is 5.10. The fraction of sp³-hybridized carbons (Fsp3) is 0.273. The molecule has 6 heteroatoms. The standard InChI is InChI=1S/C22H21FN4O/c1-15-25-10-6-21(26-15)16-7-11-27(12-8-16)22(28)18-4-2-3-17(13-18)19-5-9-24-14-20(19)23/h2-6,9-10,13-14,16H,7-8,11-12H2,1H3. The molecule has 3 heterocycles. The molecule has 5 nitrogen and oxygen atoms in total. The second-order valence-electron chi connectivity index (χ2n) is 7.03. The Labute approximate surface area is 163 Å². The Morgan fingerprint density at radius 1 is 1.14 bits per heavy atom. The molecule has 142 valence electrons. The van der Waals surface area contributed by atoms with E-state index in [1.165, 1.54) is 6.20 Å². The van der Waals surface area contributed by atoms with Crippen LogP contribution in [0.3, 0.4) is 0 Å². The maximum Gasteiger partial charge on any atom is 0.253 e. The van der Waals surface area contributed by atoms with Crippen LogP contribution in [-0.4, -0.2) is 38.8 Å². The zero-order valence-electron chi connectivity index (χ0n) is 15.7. The number of hydrogen-bond acceptors (Lipinski definition) is 4. The molecule has 1 fully saturated rings. The molecule has 0 unspecified atom stereocenters. The van der Waals surface area contributed by atoms with Gasteiger partial charge in [0.15, 0.2) is 0 Å². The van der Waals surface area contributed by atoms with Gasteiger partial charge in [-0.25, -0.2) is 14.4 Å². The first-order chi connectivity index (χ1) is 13.6. The molecule has 1 aliphatic heterocycles. The highest BCUT2D eigenvalue weighted by Gasteiger charge is 2.25. The summed E-state index contributed by atoms with van der Waals surface area (Å²) in [7, 11) is 0. The average Bonchev–Trinajstić information content (AvgIpc) is 2.74. The summed E-state index contributed by atoms with van der Waals surface area (Å²) in [5.41, 5.74) is 2.75. The fourth-order valence-corrected chi connectivity index (χ4v) is 3.69. The molecule has 0 saturated carbocycles. The van der Waals surface area contributed by atoms with Crippen LogP contribution in [0.15, 0.2) is 55.0 Å². The minimum atomic E-state index is -0.395. The lowest BCUT2D eigenvalue weighted by Crippen LogP contribution is -2.38. The zero-order chi connectivity index (χ0) is 19.5. The second kappa shape index (κ2) is 7.84. The number of halogens is 1. The number of amides is 1. The van der Waals surface area contributed by atoms with E-state index in [-0.39, 0.29) is 5.91 Å². The SMILES string of the molecule is Cc1nccc(C2CCN(C(=O)c3cccc(-c4ccncc4F)c3)CC2)n1. The van der Waals surface area contributed by atoms with Gasteiger partial charge in [0.25, 0.3) is 5.91 Å². The van der Waals surface area contributed by atoms with Gasteiger partial charge in [-0.2, -0.15) is 0 Å². The van der Waals surface area contributed by atoms with Gasteiger partial charge in [0.2, 0.25) is 0 Å². The van der Waals surface area contributed by atoms with Crippen LogP contribution in [0, 0.1) is 12.7 Å². The number of likely N-dealkylation sites (tertiary alicyclic amines) is 1. The molecule has 0 N–H and O–H groups in total. The number of benzene rings is 1. The van der Waals surface area contributed by atoms with Crippen LogP contribution >= 0.6 is 0 Å². The summed E-state index contributed by atoms with van der Waals surface area (Å²) in [6, 6.07) is 10.7. The van der Waals surface area contributed by atoms with Crippen LogP contribution in [0.1, 0.15) is 40.6 Å². The summed E-state index contributed by atoms with van der Waals surface area (Å²) in [5.74, 6) is 0.709. The molecule has 1 aliphatic rings. The molecule has 0 atom stereocenters. The minimum Gasteiger partial charge on any atom is -0.339 e. The third-order valence-corrected chi connectivity index (χ3v) is 5.19. The van der Waals surface area contributed by atoms with E-state index >= 15 is 0 Å². The van der Waals surface area contributed by atoms with Crippen molar-refractivity contribution in [1.29, 1.82) is 0 Å². The number of nitrogens with zero attached hydrogens (tertiary/aromatic N) is 4. The lowest BCUT2D eigenvalue weighted by molar-refractivity contribution is 0.0712. The number of hydrogen-bond donors (Lipinski definition) is 0. The molecule has 0 bridgehead atoms. The van der Waals surface area contributed by atoms with Crippen molar-refractivity contribution in [3.05, 3.63) is 77.9 Å². The van der Waals surface area contributed by atoms with Crippen LogP contribution in [0.25, 0.3) is 11.1 Å². The molecular formula is C22H21FN4O.